The Morgan fingerprint density at radius 1 is 1.08 bits per heavy atom. The maximum atomic E-state index is 12.2. The molecular weight excluding hydrogens is 352 g/mol. The van der Waals surface area contributed by atoms with Gasteiger partial charge < -0.3 is 4.52 Å². The van der Waals surface area contributed by atoms with Crippen molar-refractivity contribution in [2.24, 2.45) is 0 Å². The quantitative estimate of drug-likeness (QED) is 0.551. The van der Waals surface area contributed by atoms with E-state index in [1.165, 1.54) is 6.07 Å². The number of rotatable bonds is 3. The zero-order valence-electron chi connectivity index (χ0n) is 13.8. The molecule has 0 bridgehead atoms. The number of hydrogen-bond donors (Lipinski definition) is 0. The van der Waals surface area contributed by atoms with Crippen LogP contribution in [-0.2, 0) is 0 Å². The van der Waals surface area contributed by atoms with E-state index in [-0.39, 0.29) is 17.0 Å². The highest BCUT2D eigenvalue weighted by atomic mass is 35.5. The summed E-state index contributed by atoms with van der Waals surface area (Å²) in [6.07, 6.45) is 1.58. The van der Waals surface area contributed by atoms with Crippen LogP contribution in [0.2, 0.25) is 5.02 Å². The fraction of sp³-hybridized carbons (Fsp3) is 0.0526. The summed E-state index contributed by atoms with van der Waals surface area (Å²) in [7, 11) is 0. The predicted molar refractivity (Wildman–Crippen MR) is 98.3 cm³/mol. The highest BCUT2D eigenvalue weighted by molar-refractivity contribution is 6.30. The summed E-state index contributed by atoms with van der Waals surface area (Å²) in [5.74, 6) is 0.488. The first-order valence-electron chi connectivity index (χ1n) is 7.87. The number of nitrogens with zero attached hydrogens (tertiary/aromatic N) is 4. The molecule has 4 aromatic rings. The van der Waals surface area contributed by atoms with Gasteiger partial charge in [-0.15, -0.1) is 0 Å². The van der Waals surface area contributed by atoms with Crippen molar-refractivity contribution >= 4 is 11.6 Å². The topological polar surface area (TPSA) is 73.8 Å². The van der Waals surface area contributed by atoms with Crippen molar-refractivity contribution in [3.63, 3.8) is 0 Å². The third-order valence-electron chi connectivity index (χ3n) is 3.80. The summed E-state index contributed by atoms with van der Waals surface area (Å²) < 4.78 is 6.84. The van der Waals surface area contributed by atoms with Gasteiger partial charge in [0.05, 0.1) is 5.69 Å². The SMILES string of the molecule is Cc1cccc(-c2noc(-c3nn(-c4ccc(Cl)cc4)ccc3=O)n2)c1. The Balaban J connectivity index is 1.75. The second kappa shape index (κ2) is 6.57. The first-order valence-corrected chi connectivity index (χ1v) is 8.25. The van der Waals surface area contributed by atoms with Crippen LogP contribution < -0.4 is 5.43 Å². The largest absolute Gasteiger partial charge is 0.332 e. The lowest BCUT2D eigenvalue weighted by Gasteiger charge is -2.05. The first kappa shape index (κ1) is 16.2. The Hall–Kier alpha value is -3.25. The Morgan fingerprint density at radius 3 is 2.65 bits per heavy atom. The van der Waals surface area contributed by atoms with Gasteiger partial charge in [0.1, 0.15) is 0 Å². The van der Waals surface area contributed by atoms with Crippen LogP contribution in [0.1, 0.15) is 5.56 Å². The summed E-state index contributed by atoms with van der Waals surface area (Å²) in [4.78, 5) is 16.6. The van der Waals surface area contributed by atoms with Gasteiger partial charge in [-0.3, -0.25) is 4.79 Å². The zero-order valence-corrected chi connectivity index (χ0v) is 14.5. The van der Waals surface area contributed by atoms with E-state index in [0.717, 1.165) is 16.8 Å². The second-order valence-corrected chi connectivity index (χ2v) is 6.18. The molecule has 2 aromatic carbocycles. The van der Waals surface area contributed by atoms with Crippen molar-refractivity contribution in [2.45, 2.75) is 6.92 Å². The first-order chi connectivity index (χ1) is 12.6. The van der Waals surface area contributed by atoms with Crippen molar-refractivity contribution in [3.05, 3.63) is 81.6 Å². The second-order valence-electron chi connectivity index (χ2n) is 5.74. The molecule has 128 valence electrons. The Kier molecular flexibility index (Phi) is 4.10. The smallest absolute Gasteiger partial charge is 0.282 e. The number of benzene rings is 2. The van der Waals surface area contributed by atoms with Gasteiger partial charge in [-0.05, 0) is 37.3 Å². The monoisotopic (exact) mass is 364 g/mol. The van der Waals surface area contributed by atoms with E-state index in [2.05, 4.69) is 15.2 Å². The minimum atomic E-state index is -0.297. The van der Waals surface area contributed by atoms with Crippen LogP contribution in [0.5, 0.6) is 0 Å². The van der Waals surface area contributed by atoms with Gasteiger partial charge in [0.25, 0.3) is 5.89 Å². The van der Waals surface area contributed by atoms with Crippen molar-refractivity contribution in [3.8, 4) is 28.7 Å². The Labute approximate surface area is 153 Å². The highest BCUT2D eigenvalue weighted by Gasteiger charge is 2.16. The van der Waals surface area contributed by atoms with Crippen LogP contribution in [0.15, 0.2) is 70.1 Å². The van der Waals surface area contributed by atoms with Crippen molar-refractivity contribution in [2.75, 3.05) is 0 Å². The Bertz CT molecular complexity index is 1130. The molecule has 4 rings (SSSR count). The van der Waals surface area contributed by atoms with Crippen LogP contribution in [0.25, 0.3) is 28.7 Å². The highest BCUT2D eigenvalue weighted by Crippen LogP contribution is 2.20. The molecule has 0 spiro atoms. The molecule has 6 nitrogen and oxygen atoms in total. The van der Waals surface area contributed by atoms with E-state index in [1.807, 2.05) is 31.2 Å². The molecule has 0 N–H and O–H groups in total. The minimum absolute atomic E-state index is 0.0785. The third kappa shape index (κ3) is 3.14. The fourth-order valence-corrected chi connectivity index (χ4v) is 2.64. The molecule has 0 fully saturated rings. The van der Waals surface area contributed by atoms with Gasteiger partial charge in [-0.1, -0.05) is 40.5 Å². The van der Waals surface area contributed by atoms with E-state index < -0.39 is 0 Å². The summed E-state index contributed by atoms with van der Waals surface area (Å²) in [5.41, 5.74) is 2.45. The van der Waals surface area contributed by atoms with Gasteiger partial charge in [-0.2, -0.15) is 10.1 Å². The molecule has 26 heavy (non-hydrogen) atoms. The maximum Gasteiger partial charge on any atom is 0.282 e. The van der Waals surface area contributed by atoms with E-state index in [1.54, 1.807) is 35.1 Å². The molecule has 0 aliphatic rings. The molecule has 2 aromatic heterocycles. The lowest BCUT2D eigenvalue weighted by Crippen LogP contribution is -2.12. The maximum absolute atomic E-state index is 12.2. The number of aromatic nitrogens is 4. The Morgan fingerprint density at radius 2 is 1.88 bits per heavy atom. The van der Waals surface area contributed by atoms with Gasteiger partial charge in [-0.25, -0.2) is 4.68 Å². The molecule has 0 amide bonds. The van der Waals surface area contributed by atoms with Crippen LogP contribution in [0.4, 0.5) is 0 Å². The lowest BCUT2D eigenvalue weighted by atomic mass is 10.1. The average Bonchev–Trinajstić information content (AvgIpc) is 3.13. The molecule has 0 saturated carbocycles. The van der Waals surface area contributed by atoms with E-state index >= 15 is 0 Å². The average molecular weight is 365 g/mol. The number of hydrogen-bond acceptors (Lipinski definition) is 5. The van der Waals surface area contributed by atoms with Gasteiger partial charge in [0.2, 0.25) is 11.3 Å². The number of aryl methyl sites for hydroxylation is 1. The van der Waals surface area contributed by atoms with Gasteiger partial charge >= 0.3 is 0 Å². The molecule has 7 heteroatoms. The molecule has 2 heterocycles. The molecule has 0 unspecified atom stereocenters. The lowest BCUT2D eigenvalue weighted by molar-refractivity contribution is 0.429. The van der Waals surface area contributed by atoms with Crippen LogP contribution in [0.3, 0.4) is 0 Å². The van der Waals surface area contributed by atoms with Gasteiger partial charge in [0, 0.05) is 22.8 Å². The van der Waals surface area contributed by atoms with E-state index in [4.69, 9.17) is 16.1 Å². The van der Waals surface area contributed by atoms with Crippen molar-refractivity contribution in [1.82, 2.24) is 19.9 Å². The molecule has 0 aliphatic carbocycles. The minimum Gasteiger partial charge on any atom is -0.332 e. The molecule has 0 atom stereocenters. The van der Waals surface area contributed by atoms with Crippen molar-refractivity contribution in [1.29, 1.82) is 0 Å². The van der Waals surface area contributed by atoms with Crippen LogP contribution in [-0.4, -0.2) is 19.9 Å². The molecule has 0 radical (unpaired) electrons. The van der Waals surface area contributed by atoms with Crippen LogP contribution >= 0.6 is 11.6 Å². The predicted octanol–water partition coefficient (Wildman–Crippen LogP) is 3.91. The fourth-order valence-electron chi connectivity index (χ4n) is 2.51. The van der Waals surface area contributed by atoms with E-state index in [0.29, 0.717) is 10.8 Å². The summed E-state index contributed by atoms with van der Waals surface area (Å²) >= 11 is 5.91. The third-order valence-corrected chi connectivity index (χ3v) is 4.06. The summed E-state index contributed by atoms with van der Waals surface area (Å²) in [5, 5.41) is 8.92. The van der Waals surface area contributed by atoms with Crippen LogP contribution in [0, 0.1) is 6.92 Å². The molecular formula is C19H13ClN4O2. The zero-order chi connectivity index (χ0) is 18.1. The summed E-state index contributed by atoms with van der Waals surface area (Å²) in [6, 6.07) is 16.2. The summed E-state index contributed by atoms with van der Waals surface area (Å²) in [6.45, 7) is 1.98. The molecule has 0 aliphatic heterocycles. The van der Waals surface area contributed by atoms with E-state index in [9.17, 15) is 4.79 Å². The van der Waals surface area contributed by atoms with Gasteiger partial charge in [0.15, 0.2) is 5.69 Å². The normalized spacial score (nSPS) is 10.8. The number of halogens is 1. The van der Waals surface area contributed by atoms with Crippen molar-refractivity contribution < 1.29 is 4.52 Å². The standard InChI is InChI=1S/C19H13ClN4O2/c1-12-3-2-4-13(11-12)18-21-19(26-23-18)17-16(25)9-10-24(22-17)15-7-5-14(20)6-8-15/h2-11H,1H3. The molecule has 0 saturated heterocycles.